The minimum absolute atomic E-state index is 0.303. The van der Waals surface area contributed by atoms with Crippen LogP contribution in [0.5, 0.6) is 5.75 Å². The lowest BCUT2D eigenvalue weighted by Gasteiger charge is -2.19. The predicted octanol–water partition coefficient (Wildman–Crippen LogP) is 2.56. The zero-order valence-electron chi connectivity index (χ0n) is 11.7. The molecule has 0 fully saturated rings. The van der Waals surface area contributed by atoms with E-state index in [2.05, 4.69) is 26.0 Å². The summed E-state index contributed by atoms with van der Waals surface area (Å²) in [6.07, 6.45) is 4.85. The van der Waals surface area contributed by atoms with E-state index in [4.69, 9.17) is 20.8 Å². The van der Waals surface area contributed by atoms with Crippen LogP contribution in [0.4, 0.5) is 0 Å². The van der Waals surface area contributed by atoms with Crippen molar-refractivity contribution in [2.75, 3.05) is 6.61 Å². The lowest BCUT2D eigenvalue weighted by atomic mass is 10.2. The smallest absolute Gasteiger partial charge is 0.162 e. The Morgan fingerprint density at radius 2 is 2.27 bits per heavy atom. The van der Waals surface area contributed by atoms with Gasteiger partial charge in [0.2, 0.25) is 0 Å². The number of nitrogens with zero attached hydrogens (tertiary/aromatic N) is 3. The summed E-state index contributed by atoms with van der Waals surface area (Å²) in [5.41, 5.74) is 1.53. The summed E-state index contributed by atoms with van der Waals surface area (Å²) in [5.74, 6) is 0.631. The molecule has 8 heteroatoms. The molecule has 0 spiro atoms. The van der Waals surface area contributed by atoms with Gasteiger partial charge in [0, 0.05) is 16.9 Å². The molecule has 0 amide bonds. The SMILES string of the molecule is [SiH3]OCC(Oc1cc(Br)cn2ncc(Cl)c12)c1ccccn1. The van der Waals surface area contributed by atoms with Crippen molar-refractivity contribution >= 4 is 43.5 Å². The molecule has 22 heavy (non-hydrogen) atoms. The molecule has 3 aromatic heterocycles. The Hall–Kier alpha value is -1.41. The Kier molecular flexibility index (Phi) is 4.77. The molecular formula is C14H13BrClN3O2Si. The molecule has 0 N–H and O–H groups in total. The van der Waals surface area contributed by atoms with Gasteiger partial charge in [-0.25, -0.2) is 4.52 Å². The standard InChI is InChI=1S/C14H13BrClN3O2Si/c15-9-5-12(14-10(16)6-18-19(14)7-9)21-13(8-20-22)11-3-1-2-4-17-11/h1-7,13H,8H2,22H3. The Morgan fingerprint density at radius 3 is 3.00 bits per heavy atom. The van der Waals surface area contributed by atoms with Crippen LogP contribution in [0.3, 0.4) is 0 Å². The van der Waals surface area contributed by atoms with Crippen molar-refractivity contribution in [3.63, 3.8) is 0 Å². The zero-order chi connectivity index (χ0) is 15.5. The van der Waals surface area contributed by atoms with Gasteiger partial charge in [-0.05, 0) is 34.1 Å². The highest BCUT2D eigenvalue weighted by atomic mass is 79.9. The molecule has 114 valence electrons. The summed E-state index contributed by atoms with van der Waals surface area (Å²) in [4.78, 5) is 4.35. The fourth-order valence-corrected chi connectivity index (χ4v) is 3.09. The molecule has 0 aliphatic heterocycles. The van der Waals surface area contributed by atoms with Gasteiger partial charge in [-0.1, -0.05) is 17.7 Å². The van der Waals surface area contributed by atoms with Gasteiger partial charge in [-0.15, -0.1) is 0 Å². The van der Waals surface area contributed by atoms with Crippen molar-refractivity contribution in [1.82, 2.24) is 14.6 Å². The van der Waals surface area contributed by atoms with Crippen molar-refractivity contribution in [2.45, 2.75) is 6.10 Å². The second-order valence-electron chi connectivity index (χ2n) is 4.62. The quantitative estimate of drug-likeness (QED) is 0.620. The van der Waals surface area contributed by atoms with Gasteiger partial charge in [0.1, 0.15) is 21.8 Å². The highest BCUT2D eigenvalue weighted by molar-refractivity contribution is 9.10. The molecule has 1 atom stereocenters. The lowest BCUT2D eigenvalue weighted by Crippen LogP contribution is -2.15. The van der Waals surface area contributed by atoms with E-state index in [9.17, 15) is 0 Å². The van der Waals surface area contributed by atoms with E-state index in [1.165, 1.54) is 0 Å². The van der Waals surface area contributed by atoms with Crippen molar-refractivity contribution in [2.24, 2.45) is 0 Å². The van der Waals surface area contributed by atoms with E-state index in [1.807, 2.05) is 30.5 Å². The molecule has 0 saturated heterocycles. The normalized spacial score (nSPS) is 12.6. The minimum atomic E-state index is -0.303. The van der Waals surface area contributed by atoms with E-state index in [0.717, 1.165) is 15.7 Å². The van der Waals surface area contributed by atoms with Crippen LogP contribution in [0.25, 0.3) is 5.52 Å². The first-order valence-corrected chi connectivity index (χ1v) is 8.56. The zero-order valence-corrected chi connectivity index (χ0v) is 16.1. The van der Waals surface area contributed by atoms with Gasteiger partial charge >= 0.3 is 0 Å². The van der Waals surface area contributed by atoms with Crippen molar-refractivity contribution in [3.05, 3.63) is 58.0 Å². The number of hydrogen-bond donors (Lipinski definition) is 0. The summed E-state index contributed by atoms with van der Waals surface area (Å²) in [6, 6.07) is 7.58. The molecule has 0 aliphatic carbocycles. The second-order valence-corrected chi connectivity index (χ2v) is 6.52. The Morgan fingerprint density at radius 1 is 1.41 bits per heavy atom. The summed E-state index contributed by atoms with van der Waals surface area (Å²) in [6.45, 7) is 0.438. The Labute approximate surface area is 143 Å². The average Bonchev–Trinajstić information content (AvgIpc) is 2.89. The third-order valence-corrected chi connectivity index (χ3v) is 4.15. The molecule has 3 aromatic rings. The summed E-state index contributed by atoms with van der Waals surface area (Å²) in [7, 11) is 0.631. The monoisotopic (exact) mass is 397 g/mol. The van der Waals surface area contributed by atoms with E-state index < -0.39 is 0 Å². The predicted molar refractivity (Wildman–Crippen MR) is 91.4 cm³/mol. The average molecular weight is 399 g/mol. The molecule has 0 aliphatic rings. The molecule has 1 unspecified atom stereocenters. The van der Waals surface area contributed by atoms with E-state index >= 15 is 0 Å². The van der Waals surface area contributed by atoms with E-state index in [1.54, 1.807) is 16.9 Å². The molecule has 0 bridgehead atoms. The summed E-state index contributed by atoms with van der Waals surface area (Å²) < 4.78 is 14.1. The largest absolute Gasteiger partial charge is 0.479 e. The van der Waals surface area contributed by atoms with Crippen LogP contribution in [-0.2, 0) is 4.43 Å². The van der Waals surface area contributed by atoms with Crippen LogP contribution in [-0.4, -0.2) is 31.7 Å². The third-order valence-electron chi connectivity index (χ3n) is 3.10. The molecule has 0 radical (unpaired) electrons. The molecule has 3 heterocycles. The van der Waals surface area contributed by atoms with Crippen molar-refractivity contribution < 1.29 is 9.16 Å². The summed E-state index contributed by atoms with van der Waals surface area (Å²) in [5, 5.41) is 4.74. The lowest BCUT2D eigenvalue weighted by molar-refractivity contribution is 0.133. The Balaban J connectivity index is 2.01. The first-order valence-electron chi connectivity index (χ1n) is 6.58. The number of fused-ring (bicyclic) bond motifs is 1. The molecule has 5 nitrogen and oxygen atoms in total. The maximum Gasteiger partial charge on any atom is 0.162 e. The van der Waals surface area contributed by atoms with Gasteiger partial charge in [0.25, 0.3) is 0 Å². The number of ether oxygens (including phenoxy) is 1. The Bertz CT molecular complexity index is 784. The number of pyridine rings is 2. The first-order chi connectivity index (χ1) is 10.7. The fraction of sp³-hybridized carbons (Fsp3) is 0.143. The van der Waals surface area contributed by atoms with E-state index in [0.29, 0.717) is 27.9 Å². The van der Waals surface area contributed by atoms with Gasteiger partial charge in [0.15, 0.2) is 6.10 Å². The van der Waals surface area contributed by atoms with Crippen molar-refractivity contribution in [1.29, 1.82) is 0 Å². The molecule has 0 aromatic carbocycles. The van der Waals surface area contributed by atoms with Crippen LogP contribution >= 0.6 is 27.5 Å². The van der Waals surface area contributed by atoms with E-state index in [-0.39, 0.29) is 6.10 Å². The summed E-state index contributed by atoms with van der Waals surface area (Å²) >= 11 is 9.67. The maximum atomic E-state index is 6.22. The highest BCUT2D eigenvalue weighted by Gasteiger charge is 2.18. The van der Waals surface area contributed by atoms with Gasteiger partial charge in [-0.3, -0.25) is 4.98 Å². The van der Waals surface area contributed by atoms with Gasteiger partial charge < -0.3 is 9.16 Å². The number of rotatable bonds is 5. The third kappa shape index (κ3) is 3.17. The van der Waals surface area contributed by atoms with Crippen LogP contribution in [0.1, 0.15) is 11.8 Å². The molecule has 0 saturated carbocycles. The van der Waals surface area contributed by atoms with Crippen LogP contribution in [0, 0.1) is 0 Å². The van der Waals surface area contributed by atoms with Gasteiger partial charge in [0.05, 0.1) is 23.5 Å². The number of aromatic nitrogens is 3. The number of halogens is 2. The van der Waals surface area contributed by atoms with Gasteiger partial charge in [-0.2, -0.15) is 5.10 Å². The first kappa shape index (κ1) is 15.5. The van der Waals surface area contributed by atoms with Crippen LogP contribution < -0.4 is 4.74 Å². The van der Waals surface area contributed by atoms with Crippen LogP contribution in [0.15, 0.2) is 47.3 Å². The highest BCUT2D eigenvalue weighted by Crippen LogP contribution is 2.32. The number of hydrogen-bond acceptors (Lipinski definition) is 4. The topological polar surface area (TPSA) is 48.7 Å². The molecule has 3 rings (SSSR count). The maximum absolute atomic E-state index is 6.22. The fourth-order valence-electron chi connectivity index (χ4n) is 2.16. The minimum Gasteiger partial charge on any atom is -0.479 e. The van der Waals surface area contributed by atoms with Crippen LogP contribution in [0.2, 0.25) is 5.02 Å². The molecular weight excluding hydrogens is 386 g/mol. The second kappa shape index (κ2) is 6.78. The van der Waals surface area contributed by atoms with Crippen molar-refractivity contribution in [3.8, 4) is 5.75 Å².